The maximum Gasteiger partial charge on any atom is 0.326 e. The average molecular weight is 367 g/mol. The Kier molecular flexibility index (Phi) is 3.62. The number of aliphatic hydroxyl groups excluding tert-OH is 1. The van der Waals surface area contributed by atoms with Gasteiger partial charge in [0.05, 0.1) is 40.7 Å². The summed E-state index contributed by atoms with van der Waals surface area (Å²) in [5, 5.41) is 9.41. The third-order valence-corrected chi connectivity index (χ3v) is 6.78. The van der Waals surface area contributed by atoms with Gasteiger partial charge in [-0.25, -0.2) is 13.2 Å². The van der Waals surface area contributed by atoms with Crippen molar-refractivity contribution in [2.75, 3.05) is 19.8 Å². The molecule has 1 aliphatic heterocycles. The summed E-state index contributed by atoms with van der Waals surface area (Å²) in [5.74, 6) is 0. The van der Waals surface area contributed by atoms with Crippen molar-refractivity contribution < 1.29 is 18.3 Å². The van der Waals surface area contributed by atoms with E-state index < -0.39 is 32.9 Å². The van der Waals surface area contributed by atoms with E-state index in [1.54, 1.807) is 0 Å². The summed E-state index contributed by atoms with van der Waals surface area (Å²) < 4.78 is 33.2. The van der Waals surface area contributed by atoms with E-state index in [1.165, 1.54) is 22.5 Å². The van der Waals surface area contributed by atoms with Gasteiger partial charge in [0.2, 0.25) is 10.0 Å². The van der Waals surface area contributed by atoms with Crippen LogP contribution in [-0.2, 0) is 14.8 Å². The number of hydrogen-bond acceptors (Lipinski definition) is 6. The number of ether oxygens (including phenoxy) is 1. The highest BCUT2D eigenvalue weighted by atomic mass is 32.2. The van der Waals surface area contributed by atoms with Crippen LogP contribution in [0.3, 0.4) is 0 Å². The van der Waals surface area contributed by atoms with Crippen molar-refractivity contribution in [1.82, 2.24) is 14.3 Å². The van der Waals surface area contributed by atoms with Crippen LogP contribution in [0.1, 0.15) is 12.8 Å². The summed E-state index contributed by atoms with van der Waals surface area (Å²) in [6.07, 6.45) is 0.832. The summed E-state index contributed by atoms with van der Waals surface area (Å²) >= 11 is 0. The summed E-state index contributed by atoms with van der Waals surface area (Å²) in [4.78, 5) is 27.8. The van der Waals surface area contributed by atoms with E-state index in [9.17, 15) is 23.1 Å². The van der Waals surface area contributed by atoms with Gasteiger partial charge in [-0.1, -0.05) is 0 Å². The molecule has 0 bridgehead atoms. The second-order valence-electron chi connectivity index (χ2n) is 6.49. The van der Waals surface area contributed by atoms with E-state index in [-0.39, 0.29) is 35.6 Å². The summed E-state index contributed by atoms with van der Waals surface area (Å²) in [5.41, 5.74) is -1.59. The Morgan fingerprint density at radius 1 is 1.28 bits per heavy atom. The van der Waals surface area contributed by atoms with Gasteiger partial charge in [-0.05, 0) is 31.0 Å². The molecule has 1 aromatic heterocycles. The first-order valence-corrected chi connectivity index (χ1v) is 9.31. The monoisotopic (exact) mass is 367 g/mol. The van der Waals surface area contributed by atoms with Crippen molar-refractivity contribution in [3.05, 3.63) is 39.0 Å². The topological polar surface area (TPSA) is 133 Å². The van der Waals surface area contributed by atoms with Crippen molar-refractivity contribution in [1.29, 1.82) is 0 Å². The van der Waals surface area contributed by atoms with Crippen LogP contribution < -0.4 is 11.2 Å². The van der Waals surface area contributed by atoms with Crippen LogP contribution >= 0.6 is 0 Å². The first kappa shape index (κ1) is 16.5. The van der Waals surface area contributed by atoms with Crippen LogP contribution in [0.5, 0.6) is 0 Å². The molecule has 3 N–H and O–H groups in total. The van der Waals surface area contributed by atoms with Gasteiger partial charge in [0, 0.05) is 6.54 Å². The Bertz CT molecular complexity index is 1050. The number of sulfonamides is 1. The van der Waals surface area contributed by atoms with E-state index in [2.05, 4.69) is 9.97 Å². The van der Waals surface area contributed by atoms with Gasteiger partial charge in [-0.2, -0.15) is 4.31 Å². The molecule has 9 nitrogen and oxygen atoms in total. The molecular formula is C15H17N3O6S. The number of aromatic nitrogens is 2. The van der Waals surface area contributed by atoms with Crippen molar-refractivity contribution in [3.8, 4) is 0 Å². The first-order valence-electron chi connectivity index (χ1n) is 7.87. The van der Waals surface area contributed by atoms with Crippen LogP contribution in [0, 0.1) is 0 Å². The number of H-pyrrole nitrogens is 2. The van der Waals surface area contributed by atoms with Crippen molar-refractivity contribution >= 4 is 20.9 Å². The molecule has 10 heteroatoms. The predicted octanol–water partition coefficient (Wildman–Crippen LogP) is -0.869. The summed E-state index contributed by atoms with van der Waals surface area (Å²) in [6.45, 7) is 0.0541. The lowest BCUT2D eigenvalue weighted by atomic mass is 10.2. The lowest BCUT2D eigenvalue weighted by Crippen LogP contribution is -2.54. The summed E-state index contributed by atoms with van der Waals surface area (Å²) in [7, 11) is -3.87. The quantitative estimate of drug-likeness (QED) is 0.646. The molecule has 1 saturated carbocycles. The predicted molar refractivity (Wildman–Crippen MR) is 87.9 cm³/mol. The highest BCUT2D eigenvalue weighted by Crippen LogP contribution is 2.47. The Morgan fingerprint density at radius 3 is 2.72 bits per heavy atom. The van der Waals surface area contributed by atoms with Gasteiger partial charge in [0.15, 0.2) is 0 Å². The molecule has 1 spiro atoms. The molecule has 1 saturated heterocycles. The molecule has 1 aromatic carbocycles. The minimum Gasteiger partial charge on any atom is -0.394 e. The fraction of sp³-hybridized carbons (Fsp3) is 0.467. The SMILES string of the molecule is O=c1[nH]c(=O)c2cc(S(=O)(=O)N3CC(CO)OCC34CC4)ccc2[nH]1. The molecule has 2 aliphatic rings. The number of nitrogens with zero attached hydrogens (tertiary/aromatic N) is 1. The molecule has 134 valence electrons. The van der Waals surface area contributed by atoms with Gasteiger partial charge >= 0.3 is 5.69 Å². The maximum absolute atomic E-state index is 13.1. The Morgan fingerprint density at radius 2 is 2.04 bits per heavy atom. The number of aromatic amines is 2. The Balaban J connectivity index is 1.81. The smallest absolute Gasteiger partial charge is 0.326 e. The van der Waals surface area contributed by atoms with Gasteiger partial charge < -0.3 is 14.8 Å². The molecule has 2 fully saturated rings. The third kappa shape index (κ3) is 2.61. The standard InChI is InChI=1S/C15H17N3O6S/c19-7-9-6-18(15(3-4-15)8-24-9)25(22,23)10-1-2-12-11(5-10)13(20)17-14(21)16-12/h1-2,5,9,19H,3-4,6-8H2,(H2,16,17,20,21). The number of benzene rings is 1. The minimum absolute atomic E-state index is 0.0255. The van der Waals surface area contributed by atoms with Crippen LogP contribution in [-0.4, -0.2) is 59.2 Å². The molecule has 4 rings (SSSR count). The van der Waals surface area contributed by atoms with Gasteiger partial charge in [0.1, 0.15) is 0 Å². The molecule has 1 unspecified atom stereocenters. The zero-order chi connectivity index (χ0) is 17.8. The van der Waals surface area contributed by atoms with E-state index in [1.807, 2.05) is 0 Å². The highest BCUT2D eigenvalue weighted by Gasteiger charge is 2.56. The molecule has 1 atom stereocenters. The lowest BCUT2D eigenvalue weighted by molar-refractivity contribution is -0.0634. The van der Waals surface area contributed by atoms with Crippen LogP contribution in [0.2, 0.25) is 0 Å². The van der Waals surface area contributed by atoms with Crippen LogP contribution in [0.25, 0.3) is 10.9 Å². The first-order chi connectivity index (χ1) is 11.9. The molecule has 2 aromatic rings. The van der Waals surface area contributed by atoms with Gasteiger partial charge in [-0.15, -0.1) is 0 Å². The summed E-state index contributed by atoms with van der Waals surface area (Å²) in [6, 6.07) is 4.04. The highest BCUT2D eigenvalue weighted by molar-refractivity contribution is 7.89. The molecule has 25 heavy (non-hydrogen) atoms. The van der Waals surface area contributed by atoms with Gasteiger partial charge in [-0.3, -0.25) is 9.78 Å². The fourth-order valence-corrected chi connectivity index (χ4v) is 5.08. The zero-order valence-electron chi connectivity index (χ0n) is 13.2. The third-order valence-electron chi connectivity index (χ3n) is 4.82. The largest absolute Gasteiger partial charge is 0.394 e. The normalized spacial score (nSPS) is 23.2. The fourth-order valence-electron chi connectivity index (χ4n) is 3.21. The Hall–Kier alpha value is -2.01. The number of nitrogens with one attached hydrogen (secondary N) is 2. The van der Waals surface area contributed by atoms with Crippen molar-refractivity contribution in [2.45, 2.75) is 29.4 Å². The number of aliphatic hydroxyl groups is 1. The molecular weight excluding hydrogens is 350 g/mol. The lowest BCUT2D eigenvalue weighted by Gasteiger charge is -2.38. The zero-order valence-corrected chi connectivity index (χ0v) is 14.0. The molecule has 2 heterocycles. The van der Waals surface area contributed by atoms with Gasteiger partial charge in [0.25, 0.3) is 5.56 Å². The molecule has 1 aliphatic carbocycles. The van der Waals surface area contributed by atoms with E-state index in [0.29, 0.717) is 12.8 Å². The van der Waals surface area contributed by atoms with Crippen molar-refractivity contribution in [3.63, 3.8) is 0 Å². The second-order valence-corrected chi connectivity index (χ2v) is 8.35. The van der Waals surface area contributed by atoms with Crippen molar-refractivity contribution in [2.24, 2.45) is 0 Å². The maximum atomic E-state index is 13.1. The number of rotatable bonds is 3. The average Bonchev–Trinajstić information content (AvgIpc) is 3.34. The second kappa shape index (κ2) is 5.49. The van der Waals surface area contributed by atoms with Crippen LogP contribution in [0.15, 0.2) is 32.7 Å². The van der Waals surface area contributed by atoms with E-state index >= 15 is 0 Å². The number of fused-ring (bicyclic) bond motifs is 1. The Labute approximate surface area is 142 Å². The van der Waals surface area contributed by atoms with E-state index in [4.69, 9.17) is 4.74 Å². The minimum atomic E-state index is -3.87. The number of hydrogen-bond donors (Lipinski definition) is 3. The molecule has 0 amide bonds. The number of morpholine rings is 1. The van der Waals surface area contributed by atoms with E-state index in [0.717, 1.165) is 0 Å². The van der Waals surface area contributed by atoms with Crippen LogP contribution in [0.4, 0.5) is 0 Å². The molecule has 0 radical (unpaired) electrons.